The molecule has 25 heavy (non-hydrogen) atoms. The van der Waals surface area contributed by atoms with E-state index in [-0.39, 0.29) is 30.5 Å². The molecule has 2 aliphatic rings. The quantitative estimate of drug-likeness (QED) is 0.836. The van der Waals surface area contributed by atoms with Crippen molar-refractivity contribution in [3.05, 3.63) is 53.6 Å². The van der Waals surface area contributed by atoms with Crippen LogP contribution in [0.1, 0.15) is 11.3 Å². The highest BCUT2D eigenvalue weighted by Crippen LogP contribution is 2.26. The van der Waals surface area contributed by atoms with Crippen molar-refractivity contribution in [2.24, 2.45) is 7.05 Å². The van der Waals surface area contributed by atoms with E-state index >= 15 is 0 Å². The van der Waals surface area contributed by atoms with Crippen molar-refractivity contribution in [1.29, 1.82) is 0 Å². The van der Waals surface area contributed by atoms with Crippen LogP contribution in [-0.2, 0) is 29.7 Å². The van der Waals surface area contributed by atoms with Gasteiger partial charge in [0.2, 0.25) is 5.91 Å². The number of ether oxygens (including phenoxy) is 1. The summed E-state index contributed by atoms with van der Waals surface area (Å²) >= 11 is 0. The zero-order valence-corrected chi connectivity index (χ0v) is 14.1. The molecule has 6 nitrogen and oxygen atoms in total. The first-order chi connectivity index (χ1) is 12.1. The summed E-state index contributed by atoms with van der Waals surface area (Å²) in [5, 5.41) is 4.42. The lowest BCUT2D eigenvalue weighted by atomic mass is 10.1. The number of fused-ring (bicyclic) bond motifs is 1. The van der Waals surface area contributed by atoms with Crippen molar-refractivity contribution in [2.45, 2.75) is 25.2 Å². The van der Waals surface area contributed by atoms with Crippen LogP contribution in [-0.4, -0.2) is 57.3 Å². The Bertz CT molecular complexity index is 761. The maximum Gasteiger partial charge on any atom is 0.249 e. The van der Waals surface area contributed by atoms with Crippen molar-refractivity contribution < 1.29 is 13.9 Å². The number of aryl methyl sites for hydroxylation is 1. The topological polar surface area (TPSA) is 50.6 Å². The molecule has 132 valence electrons. The first-order valence-corrected chi connectivity index (χ1v) is 8.45. The van der Waals surface area contributed by atoms with Crippen LogP contribution >= 0.6 is 0 Å². The fourth-order valence-electron chi connectivity index (χ4n) is 3.64. The lowest BCUT2D eigenvalue weighted by Crippen LogP contribution is -2.53. The molecule has 2 atom stereocenters. The van der Waals surface area contributed by atoms with E-state index in [0.717, 1.165) is 30.9 Å². The number of benzene rings is 1. The van der Waals surface area contributed by atoms with Gasteiger partial charge in [0.1, 0.15) is 12.4 Å². The molecule has 2 saturated heterocycles. The van der Waals surface area contributed by atoms with Crippen molar-refractivity contribution >= 4 is 5.91 Å². The molecule has 2 aromatic rings. The molecule has 1 aromatic heterocycles. The van der Waals surface area contributed by atoms with E-state index in [2.05, 4.69) is 10.00 Å². The van der Waals surface area contributed by atoms with Crippen LogP contribution in [0.15, 0.2) is 36.5 Å². The highest BCUT2D eigenvalue weighted by molar-refractivity contribution is 5.78. The highest BCUT2D eigenvalue weighted by Gasteiger charge is 2.43. The van der Waals surface area contributed by atoms with Gasteiger partial charge in [-0.25, -0.2) is 4.39 Å². The lowest BCUT2D eigenvalue weighted by molar-refractivity contribution is -0.153. The number of amides is 1. The standard InChI is InChI=1S/C18H21FN4O2/c1-21-7-6-15(20-21)9-22-10-16-17(11-22)25-12-18(24)23(16)8-13-2-4-14(19)5-3-13/h2-7,16-17H,8-12H2,1H3/t16-,17-/m1/s1. The monoisotopic (exact) mass is 344 g/mol. The van der Waals surface area contributed by atoms with E-state index in [1.807, 2.05) is 24.2 Å². The third-order valence-electron chi connectivity index (χ3n) is 4.87. The first-order valence-electron chi connectivity index (χ1n) is 8.45. The second-order valence-electron chi connectivity index (χ2n) is 6.74. The Balaban J connectivity index is 1.46. The average molecular weight is 344 g/mol. The number of morpholine rings is 1. The number of aromatic nitrogens is 2. The molecule has 4 rings (SSSR count). The van der Waals surface area contributed by atoms with Gasteiger partial charge in [0.25, 0.3) is 0 Å². The summed E-state index contributed by atoms with van der Waals surface area (Å²) in [6.45, 7) is 2.89. The molecule has 1 amide bonds. The number of carbonyl (C=O) groups is 1. The van der Waals surface area contributed by atoms with Crippen molar-refractivity contribution in [3.8, 4) is 0 Å². The average Bonchev–Trinajstić information content (AvgIpc) is 3.18. The van der Waals surface area contributed by atoms with Gasteiger partial charge in [-0.1, -0.05) is 12.1 Å². The fourth-order valence-corrected chi connectivity index (χ4v) is 3.64. The van der Waals surface area contributed by atoms with Crippen molar-refractivity contribution in [2.75, 3.05) is 19.7 Å². The van der Waals surface area contributed by atoms with Gasteiger partial charge in [-0.05, 0) is 23.8 Å². The Morgan fingerprint density at radius 2 is 2.00 bits per heavy atom. The number of nitrogens with zero attached hydrogens (tertiary/aromatic N) is 4. The number of hydrogen-bond acceptors (Lipinski definition) is 4. The summed E-state index contributed by atoms with van der Waals surface area (Å²) < 4.78 is 20.6. The molecular weight excluding hydrogens is 323 g/mol. The second-order valence-corrected chi connectivity index (χ2v) is 6.74. The summed E-state index contributed by atoms with van der Waals surface area (Å²) in [5.41, 5.74) is 1.94. The SMILES string of the molecule is Cn1ccc(CN2C[C@@H]3[C@@H](C2)OCC(=O)N3Cc2ccc(F)cc2)n1. The van der Waals surface area contributed by atoms with Gasteiger partial charge >= 0.3 is 0 Å². The predicted octanol–water partition coefficient (Wildman–Crippen LogP) is 1.17. The molecular formula is C18H21FN4O2. The molecule has 0 unspecified atom stereocenters. The predicted molar refractivity (Wildman–Crippen MR) is 89.0 cm³/mol. The zero-order chi connectivity index (χ0) is 17.4. The Hall–Kier alpha value is -2.25. The number of rotatable bonds is 4. The summed E-state index contributed by atoms with van der Waals surface area (Å²) in [5.74, 6) is -0.275. The third-order valence-corrected chi connectivity index (χ3v) is 4.87. The molecule has 0 aliphatic carbocycles. The summed E-state index contributed by atoms with van der Waals surface area (Å²) in [4.78, 5) is 16.5. The summed E-state index contributed by atoms with van der Waals surface area (Å²) in [6, 6.07) is 8.35. The smallest absolute Gasteiger partial charge is 0.249 e. The van der Waals surface area contributed by atoms with E-state index in [0.29, 0.717) is 6.54 Å². The minimum Gasteiger partial charge on any atom is -0.365 e. The van der Waals surface area contributed by atoms with Gasteiger partial charge in [0, 0.05) is 39.4 Å². The molecule has 7 heteroatoms. The van der Waals surface area contributed by atoms with Gasteiger partial charge in [-0.2, -0.15) is 5.10 Å². The van der Waals surface area contributed by atoms with E-state index in [1.165, 1.54) is 12.1 Å². The number of hydrogen-bond donors (Lipinski definition) is 0. The van der Waals surface area contributed by atoms with Gasteiger partial charge < -0.3 is 9.64 Å². The fraction of sp³-hybridized carbons (Fsp3) is 0.444. The summed E-state index contributed by atoms with van der Waals surface area (Å²) in [7, 11) is 1.90. The molecule has 0 spiro atoms. The molecule has 2 fully saturated rings. The Morgan fingerprint density at radius 3 is 2.72 bits per heavy atom. The van der Waals surface area contributed by atoms with E-state index < -0.39 is 0 Å². The van der Waals surface area contributed by atoms with E-state index in [4.69, 9.17) is 4.74 Å². The van der Waals surface area contributed by atoms with Crippen LogP contribution in [0, 0.1) is 5.82 Å². The van der Waals surface area contributed by atoms with Gasteiger partial charge in [0.15, 0.2) is 0 Å². The Labute approximate surface area is 145 Å². The van der Waals surface area contributed by atoms with Gasteiger partial charge in [-0.15, -0.1) is 0 Å². The maximum absolute atomic E-state index is 13.1. The number of halogens is 1. The van der Waals surface area contributed by atoms with Crippen LogP contribution in [0.25, 0.3) is 0 Å². The maximum atomic E-state index is 13.1. The Kier molecular flexibility index (Phi) is 4.27. The molecule has 0 saturated carbocycles. The largest absolute Gasteiger partial charge is 0.365 e. The van der Waals surface area contributed by atoms with Crippen molar-refractivity contribution in [1.82, 2.24) is 19.6 Å². The highest BCUT2D eigenvalue weighted by atomic mass is 19.1. The first kappa shape index (κ1) is 16.2. The third kappa shape index (κ3) is 3.43. The summed E-state index contributed by atoms with van der Waals surface area (Å²) in [6.07, 6.45) is 1.95. The van der Waals surface area contributed by atoms with Crippen LogP contribution in [0.5, 0.6) is 0 Å². The van der Waals surface area contributed by atoms with Gasteiger partial charge in [0.05, 0.1) is 17.8 Å². The van der Waals surface area contributed by atoms with Crippen LogP contribution in [0.2, 0.25) is 0 Å². The normalized spacial score (nSPS) is 23.9. The number of likely N-dealkylation sites (tertiary alicyclic amines) is 1. The Morgan fingerprint density at radius 1 is 1.20 bits per heavy atom. The van der Waals surface area contributed by atoms with E-state index in [9.17, 15) is 9.18 Å². The second kappa shape index (κ2) is 6.57. The van der Waals surface area contributed by atoms with Crippen LogP contribution < -0.4 is 0 Å². The van der Waals surface area contributed by atoms with Crippen molar-refractivity contribution in [3.63, 3.8) is 0 Å². The molecule has 2 aliphatic heterocycles. The van der Waals surface area contributed by atoms with Crippen LogP contribution in [0.4, 0.5) is 4.39 Å². The van der Waals surface area contributed by atoms with Gasteiger partial charge in [-0.3, -0.25) is 14.4 Å². The molecule has 0 bridgehead atoms. The lowest BCUT2D eigenvalue weighted by Gasteiger charge is -2.36. The zero-order valence-electron chi connectivity index (χ0n) is 14.1. The minimum atomic E-state index is -0.266. The molecule has 0 radical (unpaired) electrons. The van der Waals surface area contributed by atoms with E-state index in [1.54, 1.807) is 16.8 Å². The number of carbonyl (C=O) groups excluding carboxylic acids is 1. The molecule has 3 heterocycles. The molecule has 1 aromatic carbocycles. The minimum absolute atomic E-state index is 0.00902. The molecule has 0 N–H and O–H groups in total. The van der Waals surface area contributed by atoms with Crippen LogP contribution in [0.3, 0.4) is 0 Å².